The van der Waals surface area contributed by atoms with E-state index < -0.39 is 0 Å². The third-order valence-corrected chi connectivity index (χ3v) is 7.12. The molecule has 2 aromatic heterocycles. The number of fused-ring (bicyclic) bond motifs is 2. The predicted octanol–water partition coefficient (Wildman–Crippen LogP) is 3.46. The fourth-order valence-electron chi connectivity index (χ4n) is 5.32. The van der Waals surface area contributed by atoms with E-state index in [0.29, 0.717) is 6.54 Å². The van der Waals surface area contributed by atoms with E-state index in [1.807, 2.05) is 12.3 Å². The van der Waals surface area contributed by atoms with Gasteiger partial charge in [-0.1, -0.05) is 24.3 Å². The molecule has 2 aliphatic rings. The Morgan fingerprint density at radius 3 is 2.75 bits per heavy atom. The van der Waals surface area contributed by atoms with Gasteiger partial charge in [0.2, 0.25) is 0 Å². The molecule has 3 N–H and O–H groups in total. The summed E-state index contributed by atoms with van der Waals surface area (Å²) in [6.07, 6.45) is 5.46. The molecule has 4 aromatic rings. The molecule has 6 heteroatoms. The first-order chi connectivity index (χ1) is 15.8. The minimum absolute atomic E-state index is 0.0910. The third kappa shape index (κ3) is 3.18. The molecule has 0 bridgehead atoms. The average Bonchev–Trinajstić information content (AvgIpc) is 3.49. The van der Waals surface area contributed by atoms with Crippen molar-refractivity contribution < 1.29 is 4.74 Å². The second kappa shape index (κ2) is 7.73. The van der Waals surface area contributed by atoms with Crippen LogP contribution < -0.4 is 10.6 Å². The highest BCUT2D eigenvalue weighted by molar-refractivity contribution is 5.90. The summed E-state index contributed by atoms with van der Waals surface area (Å²) in [6, 6.07) is 17.7. The Balaban J connectivity index is 1.35. The van der Waals surface area contributed by atoms with Crippen LogP contribution in [0.4, 0.5) is 5.69 Å². The lowest BCUT2D eigenvalue weighted by Gasteiger charge is -2.29. The first-order valence-electron chi connectivity index (χ1n) is 11.3. The number of aromatic nitrogens is 3. The molecule has 1 aliphatic heterocycles. The molecule has 1 unspecified atom stereocenters. The van der Waals surface area contributed by atoms with Crippen LogP contribution in [0, 0.1) is 0 Å². The van der Waals surface area contributed by atoms with Crippen molar-refractivity contribution >= 4 is 16.7 Å². The highest BCUT2D eigenvalue weighted by Gasteiger charge is 2.38. The van der Waals surface area contributed by atoms with Gasteiger partial charge in [-0.25, -0.2) is 9.97 Å². The first-order valence-corrected chi connectivity index (χ1v) is 11.3. The zero-order chi connectivity index (χ0) is 21.5. The minimum atomic E-state index is -0.0910. The molecule has 0 amide bonds. The van der Waals surface area contributed by atoms with Gasteiger partial charge in [-0.3, -0.25) is 0 Å². The van der Waals surface area contributed by atoms with Gasteiger partial charge in [0.25, 0.3) is 0 Å². The second-order valence-electron chi connectivity index (χ2n) is 8.93. The summed E-state index contributed by atoms with van der Waals surface area (Å²) in [5, 5.41) is 1.04. The van der Waals surface area contributed by atoms with Gasteiger partial charge in [-0.05, 0) is 53.8 Å². The molecular formula is C26H27N5O. The Labute approximate surface area is 187 Å². The summed E-state index contributed by atoms with van der Waals surface area (Å²) >= 11 is 0. The van der Waals surface area contributed by atoms with Crippen molar-refractivity contribution in [1.29, 1.82) is 0 Å². The van der Waals surface area contributed by atoms with Crippen LogP contribution in [0.15, 0.2) is 61.1 Å². The molecule has 1 atom stereocenters. The Morgan fingerprint density at radius 2 is 1.88 bits per heavy atom. The second-order valence-corrected chi connectivity index (χ2v) is 8.93. The number of anilines is 1. The van der Waals surface area contributed by atoms with E-state index >= 15 is 0 Å². The van der Waals surface area contributed by atoms with Gasteiger partial charge < -0.3 is 20.4 Å². The number of hydrogen-bond donors (Lipinski definition) is 2. The van der Waals surface area contributed by atoms with Crippen molar-refractivity contribution in [2.45, 2.75) is 18.3 Å². The lowest BCUT2D eigenvalue weighted by Crippen LogP contribution is -2.36. The predicted molar refractivity (Wildman–Crippen MR) is 127 cm³/mol. The topological polar surface area (TPSA) is 80.1 Å². The summed E-state index contributed by atoms with van der Waals surface area (Å²) in [5.41, 5.74) is 14.7. The number of morpholine rings is 1. The van der Waals surface area contributed by atoms with Crippen molar-refractivity contribution in [3.63, 3.8) is 0 Å². The Morgan fingerprint density at radius 1 is 1.00 bits per heavy atom. The molecule has 6 nitrogen and oxygen atoms in total. The van der Waals surface area contributed by atoms with Crippen LogP contribution in [-0.2, 0) is 23.0 Å². The normalized spacial score (nSPS) is 20.6. The van der Waals surface area contributed by atoms with E-state index in [1.165, 1.54) is 22.4 Å². The Bertz CT molecular complexity index is 1280. The maximum atomic E-state index is 6.47. The summed E-state index contributed by atoms with van der Waals surface area (Å²) in [5.74, 6) is 0. The number of nitrogens with two attached hydrogens (primary N) is 1. The Hall–Kier alpha value is -3.22. The molecule has 1 saturated heterocycles. The lowest BCUT2D eigenvalue weighted by atomic mass is 9.77. The molecule has 0 spiro atoms. The quantitative estimate of drug-likeness (QED) is 0.523. The third-order valence-electron chi connectivity index (χ3n) is 7.12. The van der Waals surface area contributed by atoms with Crippen LogP contribution in [0.2, 0.25) is 0 Å². The number of nitrogens with one attached hydrogen (secondary N) is 1. The maximum Gasteiger partial charge on any atom is 0.141 e. The fourth-order valence-corrected chi connectivity index (χ4v) is 5.32. The van der Waals surface area contributed by atoms with Crippen molar-refractivity contribution in [2.24, 2.45) is 5.73 Å². The molecule has 1 aliphatic carbocycles. The zero-order valence-electron chi connectivity index (χ0n) is 18.1. The number of benzene rings is 2. The van der Waals surface area contributed by atoms with Crippen molar-refractivity contribution in [1.82, 2.24) is 15.0 Å². The van der Waals surface area contributed by atoms with Crippen LogP contribution >= 0.6 is 0 Å². The smallest absolute Gasteiger partial charge is 0.141 e. The first kappa shape index (κ1) is 19.5. The number of H-pyrrole nitrogens is 1. The fraction of sp³-hybridized carbons (Fsp3) is 0.308. The highest BCUT2D eigenvalue weighted by atomic mass is 16.5. The average molecular weight is 426 g/mol. The minimum Gasteiger partial charge on any atom is -0.378 e. The zero-order valence-corrected chi connectivity index (χ0v) is 18.1. The number of nitrogens with zero attached hydrogens (tertiary/aromatic N) is 3. The number of rotatable bonds is 4. The lowest BCUT2D eigenvalue weighted by molar-refractivity contribution is 0.122. The SMILES string of the molecule is NCC1(c2cccc(-c3ncnc4[nH]ccc34)c2)Cc2ccc(N3CCOCC3)cc2C1. The van der Waals surface area contributed by atoms with Crippen LogP contribution in [0.5, 0.6) is 0 Å². The summed E-state index contributed by atoms with van der Waals surface area (Å²) < 4.78 is 5.52. The van der Waals surface area contributed by atoms with Gasteiger partial charge in [-0.2, -0.15) is 0 Å². The standard InChI is InChI=1S/C26H27N5O/c27-16-26(14-19-4-5-22(13-20(19)15-26)31-8-10-32-11-9-31)21-3-1-2-18(12-21)24-23-6-7-28-25(23)30-17-29-24/h1-7,12-13,17H,8-11,14-16,27H2,(H,28,29,30). The summed E-state index contributed by atoms with van der Waals surface area (Å²) in [6.45, 7) is 4.12. The molecule has 162 valence electrons. The largest absolute Gasteiger partial charge is 0.378 e. The number of ether oxygens (including phenoxy) is 1. The van der Waals surface area contributed by atoms with E-state index in [1.54, 1.807) is 6.33 Å². The van der Waals surface area contributed by atoms with Crippen LogP contribution in [0.1, 0.15) is 16.7 Å². The van der Waals surface area contributed by atoms with Gasteiger partial charge in [0, 0.05) is 47.9 Å². The molecule has 32 heavy (non-hydrogen) atoms. The van der Waals surface area contributed by atoms with Gasteiger partial charge in [0.15, 0.2) is 0 Å². The van der Waals surface area contributed by atoms with Crippen LogP contribution in [0.25, 0.3) is 22.3 Å². The molecule has 6 rings (SSSR count). The van der Waals surface area contributed by atoms with E-state index in [9.17, 15) is 0 Å². The summed E-state index contributed by atoms with van der Waals surface area (Å²) in [7, 11) is 0. The van der Waals surface area contributed by atoms with E-state index in [-0.39, 0.29) is 5.41 Å². The molecule has 0 radical (unpaired) electrons. The van der Waals surface area contributed by atoms with E-state index in [4.69, 9.17) is 10.5 Å². The van der Waals surface area contributed by atoms with Crippen LogP contribution in [-0.4, -0.2) is 47.8 Å². The number of hydrogen-bond acceptors (Lipinski definition) is 5. The van der Waals surface area contributed by atoms with E-state index in [2.05, 4.69) is 62.3 Å². The van der Waals surface area contributed by atoms with Gasteiger partial charge in [0.05, 0.1) is 18.9 Å². The molecule has 0 saturated carbocycles. The number of aromatic amines is 1. The molecule has 1 fully saturated rings. The van der Waals surface area contributed by atoms with Crippen LogP contribution in [0.3, 0.4) is 0 Å². The molecule has 2 aromatic carbocycles. The monoisotopic (exact) mass is 425 g/mol. The molecule has 3 heterocycles. The van der Waals surface area contributed by atoms with Gasteiger partial charge >= 0.3 is 0 Å². The maximum absolute atomic E-state index is 6.47. The Kier molecular flexibility index (Phi) is 4.70. The van der Waals surface area contributed by atoms with Crippen molar-refractivity contribution in [3.8, 4) is 11.3 Å². The van der Waals surface area contributed by atoms with Crippen molar-refractivity contribution in [3.05, 3.63) is 77.7 Å². The van der Waals surface area contributed by atoms with Gasteiger partial charge in [0.1, 0.15) is 12.0 Å². The van der Waals surface area contributed by atoms with E-state index in [0.717, 1.165) is 61.4 Å². The van der Waals surface area contributed by atoms with Gasteiger partial charge in [-0.15, -0.1) is 0 Å². The molecular weight excluding hydrogens is 398 g/mol. The summed E-state index contributed by atoms with van der Waals surface area (Å²) in [4.78, 5) is 14.5. The highest BCUT2D eigenvalue weighted by Crippen LogP contribution is 2.41. The van der Waals surface area contributed by atoms with Crippen molar-refractivity contribution in [2.75, 3.05) is 37.7 Å².